The number of piperidine rings is 2. The first-order valence-corrected chi connectivity index (χ1v) is 9.46. The van der Waals surface area contributed by atoms with Crippen molar-refractivity contribution in [2.75, 3.05) is 31.1 Å². The van der Waals surface area contributed by atoms with E-state index in [1.807, 2.05) is 0 Å². The highest BCUT2D eigenvalue weighted by atomic mass is 32.1. The summed E-state index contributed by atoms with van der Waals surface area (Å²) in [5.74, 6) is -0.384. The maximum Gasteiger partial charge on any atom is 0.237 e. The van der Waals surface area contributed by atoms with Crippen molar-refractivity contribution in [3.63, 3.8) is 0 Å². The van der Waals surface area contributed by atoms with Crippen LogP contribution in [0, 0.1) is 5.41 Å². The van der Waals surface area contributed by atoms with Gasteiger partial charge in [-0.2, -0.15) is 0 Å². The van der Waals surface area contributed by atoms with Crippen molar-refractivity contribution in [1.29, 1.82) is 0 Å². The zero-order valence-corrected chi connectivity index (χ0v) is 15.0. The molecule has 1 aromatic heterocycles. The average Bonchev–Trinajstić information content (AvgIpc) is 3.00. The van der Waals surface area contributed by atoms with Crippen LogP contribution in [0.15, 0.2) is 0 Å². The molecule has 24 heavy (non-hydrogen) atoms. The van der Waals surface area contributed by atoms with Crippen LogP contribution in [0.3, 0.4) is 0 Å². The summed E-state index contributed by atoms with van der Waals surface area (Å²) in [4.78, 5) is 27.1. The molecule has 2 fully saturated rings. The Balaban J connectivity index is 1.61. The number of hydrogen-bond acceptors (Lipinski definition) is 6. The second kappa shape index (κ2) is 7.04. The summed E-state index contributed by atoms with van der Waals surface area (Å²) in [6.07, 6.45) is 5.52. The normalized spacial score (nSPS) is 20.6. The maximum absolute atomic E-state index is 12.0. The van der Waals surface area contributed by atoms with Gasteiger partial charge in [-0.1, -0.05) is 18.3 Å². The largest absolute Gasteiger partial charge is 0.368 e. The zero-order chi connectivity index (χ0) is 17.2. The first kappa shape index (κ1) is 17.1. The molecule has 2 aliphatic rings. The van der Waals surface area contributed by atoms with E-state index in [1.165, 1.54) is 0 Å². The van der Waals surface area contributed by atoms with Crippen LogP contribution in [0.1, 0.15) is 44.0 Å². The van der Waals surface area contributed by atoms with Gasteiger partial charge in [-0.3, -0.25) is 9.59 Å². The molecule has 1 spiro atoms. The van der Waals surface area contributed by atoms with Crippen LogP contribution >= 0.6 is 11.3 Å². The molecule has 2 saturated heterocycles. The molecular formula is C16H25N5O2S. The molecule has 0 aliphatic carbocycles. The number of rotatable bonds is 5. The van der Waals surface area contributed by atoms with E-state index in [2.05, 4.69) is 22.0 Å². The number of amides is 2. The SMILES string of the molecule is CCCc1nnc(N2CCC3(CCC(=O)N(CC(N)=O)C3)CC2)s1. The second-order valence-electron chi connectivity index (χ2n) is 6.93. The Labute approximate surface area is 146 Å². The van der Waals surface area contributed by atoms with E-state index in [1.54, 1.807) is 16.2 Å². The van der Waals surface area contributed by atoms with Crippen LogP contribution in [-0.2, 0) is 16.0 Å². The van der Waals surface area contributed by atoms with Crippen LogP contribution in [0.5, 0.6) is 0 Å². The predicted molar refractivity (Wildman–Crippen MR) is 92.8 cm³/mol. The number of carbonyl (C=O) groups is 2. The van der Waals surface area contributed by atoms with Gasteiger partial charge in [0.15, 0.2) is 0 Å². The number of likely N-dealkylation sites (tertiary alicyclic amines) is 1. The molecule has 0 unspecified atom stereocenters. The molecule has 2 amide bonds. The van der Waals surface area contributed by atoms with Gasteiger partial charge >= 0.3 is 0 Å². The van der Waals surface area contributed by atoms with Gasteiger partial charge in [-0.15, -0.1) is 10.2 Å². The Kier molecular flexibility index (Phi) is 5.03. The summed E-state index contributed by atoms with van der Waals surface area (Å²) in [6.45, 7) is 4.70. The fourth-order valence-electron chi connectivity index (χ4n) is 3.70. The van der Waals surface area contributed by atoms with E-state index in [0.717, 1.165) is 55.3 Å². The lowest BCUT2D eigenvalue weighted by molar-refractivity contribution is -0.141. The summed E-state index contributed by atoms with van der Waals surface area (Å²) >= 11 is 1.69. The smallest absolute Gasteiger partial charge is 0.237 e. The average molecular weight is 351 g/mol. The molecule has 3 rings (SSSR count). The van der Waals surface area contributed by atoms with Crippen molar-refractivity contribution in [3.05, 3.63) is 5.01 Å². The molecule has 0 saturated carbocycles. The summed E-state index contributed by atoms with van der Waals surface area (Å²) < 4.78 is 0. The molecular weight excluding hydrogens is 326 g/mol. The van der Waals surface area contributed by atoms with Crippen LogP contribution in [0.4, 0.5) is 5.13 Å². The number of aromatic nitrogens is 2. The molecule has 132 valence electrons. The van der Waals surface area contributed by atoms with Crippen molar-refractivity contribution in [2.24, 2.45) is 11.1 Å². The van der Waals surface area contributed by atoms with E-state index in [9.17, 15) is 9.59 Å². The van der Waals surface area contributed by atoms with Crippen molar-refractivity contribution in [3.8, 4) is 0 Å². The van der Waals surface area contributed by atoms with Crippen LogP contribution in [0.2, 0.25) is 0 Å². The highest BCUT2D eigenvalue weighted by molar-refractivity contribution is 7.15. The summed E-state index contributed by atoms with van der Waals surface area (Å²) in [5.41, 5.74) is 5.40. The maximum atomic E-state index is 12.0. The molecule has 0 radical (unpaired) electrons. The zero-order valence-electron chi connectivity index (χ0n) is 14.2. The van der Waals surface area contributed by atoms with Crippen molar-refractivity contribution in [1.82, 2.24) is 15.1 Å². The number of hydrogen-bond donors (Lipinski definition) is 1. The first-order valence-electron chi connectivity index (χ1n) is 8.65. The fraction of sp³-hybridized carbons (Fsp3) is 0.750. The third-order valence-electron chi connectivity index (χ3n) is 5.11. The number of nitrogens with zero attached hydrogens (tertiary/aromatic N) is 4. The molecule has 2 aliphatic heterocycles. The monoisotopic (exact) mass is 351 g/mol. The Morgan fingerprint density at radius 3 is 2.71 bits per heavy atom. The standard InChI is InChI=1S/C16H25N5O2S/c1-2-3-13-18-19-15(24-13)20-8-6-16(7-9-20)5-4-14(23)21(11-16)10-12(17)22/h2-11H2,1H3,(H2,17,22). The fourth-order valence-corrected chi connectivity index (χ4v) is 4.69. The molecule has 1 aromatic rings. The highest BCUT2D eigenvalue weighted by Gasteiger charge is 2.41. The van der Waals surface area contributed by atoms with E-state index >= 15 is 0 Å². The Morgan fingerprint density at radius 2 is 2.04 bits per heavy atom. The van der Waals surface area contributed by atoms with Crippen molar-refractivity contribution >= 4 is 28.3 Å². The van der Waals surface area contributed by atoms with Gasteiger partial charge in [0.1, 0.15) is 5.01 Å². The van der Waals surface area contributed by atoms with Crippen LogP contribution < -0.4 is 10.6 Å². The second-order valence-corrected chi connectivity index (χ2v) is 7.97. The van der Waals surface area contributed by atoms with Gasteiger partial charge in [0.05, 0.1) is 6.54 Å². The summed E-state index contributed by atoms with van der Waals surface area (Å²) in [6, 6.07) is 0. The molecule has 0 aromatic carbocycles. The summed E-state index contributed by atoms with van der Waals surface area (Å²) in [7, 11) is 0. The Hall–Kier alpha value is -1.70. The number of anilines is 1. The van der Waals surface area contributed by atoms with Crippen LogP contribution in [-0.4, -0.2) is 53.1 Å². The number of nitrogens with two attached hydrogens (primary N) is 1. The van der Waals surface area contributed by atoms with Gasteiger partial charge in [0, 0.05) is 32.5 Å². The number of carbonyl (C=O) groups excluding carboxylic acids is 2. The molecule has 0 atom stereocenters. The van der Waals surface area contributed by atoms with E-state index in [-0.39, 0.29) is 17.9 Å². The van der Waals surface area contributed by atoms with Crippen molar-refractivity contribution < 1.29 is 9.59 Å². The molecule has 3 heterocycles. The summed E-state index contributed by atoms with van der Waals surface area (Å²) in [5, 5.41) is 10.7. The molecule has 0 bridgehead atoms. The van der Waals surface area contributed by atoms with Gasteiger partial charge < -0.3 is 15.5 Å². The predicted octanol–water partition coefficient (Wildman–Crippen LogP) is 1.18. The van der Waals surface area contributed by atoms with Gasteiger partial charge in [-0.05, 0) is 31.1 Å². The van der Waals surface area contributed by atoms with E-state index < -0.39 is 5.91 Å². The number of aryl methyl sites for hydroxylation is 1. The minimum Gasteiger partial charge on any atom is -0.368 e. The highest BCUT2D eigenvalue weighted by Crippen LogP contribution is 2.41. The Bertz CT molecular complexity index is 609. The minimum absolute atomic E-state index is 0.0427. The topological polar surface area (TPSA) is 92.4 Å². The van der Waals surface area contributed by atoms with E-state index in [0.29, 0.717) is 13.0 Å². The lowest BCUT2D eigenvalue weighted by Crippen LogP contribution is -2.53. The third-order valence-corrected chi connectivity index (χ3v) is 6.15. The quantitative estimate of drug-likeness (QED) is 0.860. The molecule has 2 N–H and O–H groups in total. The third kappa shape index (κ3) is 3.68. The number of primary amides is 1. The van der Waals surface area contributed by atoms with Gasteiger partial charge in [-0.25, -0.2) is 0 Å². The molecule has 8 heteroatoms. The minimum atomic E-state index is -0.435. The van der Waals surface area contributed by atoms with Crippen molar-refractivity contribution in [2.45, 2.75) is 45.4 Å². The first-order chi connectivity index (χ1) is 11.5. The van der Waals surface area contributed by atoms with Gasteiger partial charge in [0.2, 0.25) is 16.9 Å². The molecule has 7 nitrogen and oxygen atoms in total. The lowest BCUT2D eigenvalue weighted by atomic mass is 9.72. The van der Waals surface area contributed by atoms with Gasteiger partial charge in [0.25, 0.3) is 0 Å². The van der Waals surface area contributed by atoms with E-state index in [4.69, 9.17) is 5.73 Å². The Morgan fingerprint density at radius 1 is 1.29 bits per heavy atom. The lowest BCUT2D eigenvalue weighted by Gasteiger charge is -2.47. The van der Waals surface area contributed by atoms with Crippen LogP contribution in [0.25, 0.3) is 0 Å².